The van der Waals surface area contributed by atoms with Gasteiger partial charge in [0.05, 0.1) is 12.3 Å². The molecule has 0 aromatic rings. The van der Waals surface area contributed by atoms with Gasteiger partial charge in [0.25, 0.3) is 0 Å². The van der Waals surface area contributed by atoms with E-state index in [1.165, 1.54) is 0 Å². The second-order valence-electron chi connectivity index (χ2n) is 5.04. The number of hydrogen-bond donors (Lipinski definition) is 2. The zero-order valence-electron chi connectivity index (χ0n) is 13.7. The standard InChI is InChI=1S/C13H28N4O2S2.HI/c1-4-12(3)16-13(14-5-2)15-6-11-21(18,19)17-7-9-20-10-8-17;/h12H,4-11H2,1-3H3,(H2,14,15,16);1H. The van der Waals surface area contributed by atoms with Crippen LogP contribution < -0.4 is 10.6 Å². The van der Waals surface area contributed by atoms with Crippen LogP contribution in [0.25, 0.3) is 0 Å². The minimum absolute atomic E-state index is 0. The third kappa shape index (κ3) is 8.21. The third-order valence-electron chi connectivity index (χ3n) is 3.32. The Morgan fingerprint density at radius 1 is 1.32 bits per heavy atom. The molecule has 1 atom stereocenters. The molecule has 1 aliphatic rings. The highest BCUT2D eigenvalue weighted by molar-refractivity contribution is 14.0. The Morgan fingerprint density at radius 3 is 2.50 bits per heavy atom. The van der Waals surface area contributed by atoms with E-state index in [0.29, 0.717) is 25.1 Å². The average molecular weight is 464 g/mol. The van der Waals surface area contributed by atoms with Crippen molar-refractivity contribution < 1.29 is 8.42 Å². The Kier molecular flexibility index (Phi) is 11.9. The molecule has 1 rings (SSSR count). The molecule has 1 fully saturated rings. The maximum Gasteiger partial charge on any atom is 0.215 e. The molecule has 1 heterocycles. The summed E-state index contributed by atoms with van der Waals surface area (Å²) >= 11 is 1.81. The van der Waals surface area contributed by atoms with E-state index >= 15 is 0 Å². The molecule has 0 saturated carbocycles. The van der Waals surface area contributed by atoms with Gasteiger partial charge in [-0.25, -0.2) is 12.7 Å². The first-order chi connectivity index (χ1) is 9.99. The van der Waals surface area contributed by atoms with Crippen LogP contribution in [0.2, 0.25) is 0 Å². The fourth-order valence-corrected chi connectivity index (χ4v) is 4.34. The minimum atomic E-state index is -3.17. The van der Waals surface area contributed by atoms with Crippen LogP contribution in [0.1, 0.15) is 27.2 Å². The first-order valence-electron chi connectivity index (χ1n) is 7.60. The molecule has 0 aliphatic carbocycles. The van der Waals surface area contributed by atoms with Crippen molar-refractivity contribution in [3.8, 4) is 0 Å². The molecule has 132 valence electrons. The first-order valence-corrected chi connectivity index (χ1v) is 10.4. The minimum Gasteiger partial charge on any atom is -0.357 e. The number of halogens is 1. The summed E-state index contributed by atoms with van der Waals surface area (Å²) in [5, 5.41) is 6.40. The van der Waals surface area contributed by atoms with Crippen LogP contribution in [0.3, 0.4) is 0 Å². The summed E-state index contributed by atoms with van der Waals surface area (Å²) in [6, 6.07) is 0.318. The lowest BCUT2D eigenvalue weighted by Crippen LogP contribution is -2.43. The Morgan fingerprint density at radius 2 is 1.95 bits per heavy atom. The fraction of sp³-hybridized carbons (Fsp3) is 0.923. The largest absolute Gasteiger partial charge is 0.357 e. The quantitative estimate of drug-likeness (QED) is 0.338. The second kappa shape index (κ2) is 11.7. The van der Waals surface area contributed by atoms with E-state index in [1.807, 2.05) is 6.92 Å². The molecule has 0 bridgehead atoms. The maximum atomic E-state index is 12.2. The molecule has 0 spiro atoms. The number of thioether (sulfide) groups is 1. The van der Waals surface area contributed by atoms with E-state index in [0.717, 1.165) is 24.5 Å². The third-order valence-corrected chi connectivity index (χ3v) is 6.12. The van der Waals surface area contributed by atoms with Crippen molar-refractivity contribution in [3.63, 3.8) is 0 Å². The van der Waals surface area contributed by atoms with Gasteiger partial charge in [-0.1, -0.05) is 6.92 Å². The van der Waals surface area contributed by atoms with Crippen LogP contribution in [0.5, 0.6) is 0 Å². The number of sulfonamides is 1. The van der Waals surface area contributed by atoms with Crippen LogP contribution in [-0.4, -0.2) is 68.2 Å². The fourth-order valence-electron chi connectivity index (χ4n) is 1.88. The number of rotatable bonds is 7. The molecular formula is C13H29IN4O2S2. The van der Waals surface area contributed by atoms with Crippen molar-refractivity contribution >= 4 is 51.7 Å². The van der Waals surface area contributed by atoms with Gasteiger partial charge < -0.3 is 10.6 Å². The number of guanidine groups is 1. The van der Waals surface area contributed by atoms with Crippen molar-refractivity contribution in [1.82, 2.24) is 14.9 Å². The van der Waals surface area contributed by atoms with Gasteiger partial charge in [-0.05, 0) is 20.3 Å². The van der Waals surface area contributed by atoms with Gasteiger partial charge in [0.1, 0.15) is 0 Å². The zero-order valence-corrected chi connectivity index (χ0v) is 17.6. The Balaban J connectivity index is 0.00000441. The van der Waals surface area contributed by atoms with E-state index in [-0.39, 0.29) is 36.3 Å². The van der Waals surface area contributed by atoms with Gasteiger partial charge in [0.2, 0.25) is 10.0 Å². The second-order valence-corrected chi connectivity index (χ2v) is 8.35. The zero-order chi connectivity index (χ0) is 15.7. The van der Waals surface area contributed by atoms with Crippen LogP contribution in [-0.2, 0) is 10.0 Å². The van der Waals surface area contributed by atoms with Crippen LogP contribution in [0.15, 0.2) is 4.99 Å². The summed E-state index contributed by atoms with van der Waals surface area (Å²) in [5.41, 5.74) is 0. The monoisotopic (exact) mass is 464 g/mol. The van der Waals surface area contributed by atoms with Gasteiger partial charge in [-0.3, -0.25) is 4.99 Å². The van der Waals surface area contributed by atoms with E-state index in [2.05, 4.69) is 29.5 Å². The molecule has 0 radical (unpaired) electrons. The van der Waals surface area contributed by atoms with Gasteiger partial charge in [-0.15, -0.1) is 24.0 Å². The van der Waals surface area contributed by atoms with Crippen LogP contribution in [0, 0.1) is 0 Å². The van der Waals surface area contributed by atoms with E-state index in [4.69, 9.17) is 0 Å². The summed E-state index contributed by atoms with van der Waals surface area (Å²) in [4.78, 5) is 4.36. The number of nitrogens with one attached hydrogen (secondary N) is 2. The summed E-state index contributed by atoms with van der Waals surface area (Å²) in [7, 11) is -3.17. The average Bonchev–Trinajstić information content (AvgIpc) is 2.48. The van der Waals surface area contributed by atoms with Gasteiger partial charge in [0.15, 0.2) is 5.96 Å². The number of hydrogen-bond acceptors (Lipinski definition) is 4. The molecular weight excluding hydrogens is 435 g/mol. The Labute approximate surface area is 156 Å². The highest BCUT2D eigenvalue weighted by Crippen LogP contribution is 2.13. The molecule has 22 heavy (non-hydrogen) atoms. The highest BCUT2D eigenvalue weighted by Gasteiger charge is 2.23. The van der Waals surface area contributed by atoms with E-state index < -0.39 is 10.0 Å². The molecule has 0 aromatic heterocycles. The molecule has 1 unspecified atom stereocenters. The normalized spacial score (nSPS) is 18.4. The van der Waals surface area contributed by atoms with Crippen molar-refractivity contribution in [2.45, 2.75) is 33.2 Å². The molecule has 1 aliphatic heterocycles. The lowest BCUT2D eigenvalue weighted by Gasteiger charge is -2.25. The van der Waals surface area contributed by atoms with Crippen molar-refractivity contribution in [2.24, 2.45) is 4.99 Å². The predicted octanol–water partition coefficient (Wildman–Crippen LogP) is 1.34. The first kappa shape index (κ1) is 22.3. The number of aliphatic imine (C=N–C) groups is 1. The topological polar surface area (TPSA) is 73.8 Å². The molecule has 9 heteroatoms. The summed E-state index contributed by atoms with van der Waals surface area (Å²) < 4.78 is 26.0. The van der Waals surface area contributed by atoms with Crippen molar-refractivity contribution in [2.75, 3.05) is 43.4 Å². The van der Waals surface area contributed by atoms with Gasteiger partial charge >= 0.3 is 0 Å². The van der Waals surface area contributed by atoms with Crippen LogP contribution in [0.4, 0.5) is 0 Å². The van der Waals surface area contributed by atoms with E-state index in [1.54, 1.807) is 16.1 Å². The molecule has 6 nitrogen and oxygen atoms in total. The Hall–Kier alpha value is 0.260. The van der Waals surface area contributed by atoms with Crippen molar-refractivity contribution in [1.29, 1.82) is 0 Å². The van der Waals surface area contributed by atoms with Gasteiger partial charge in [-0.2, -0.15) is 11.8 Å². The van der Waals surface area contributed by atoms with E-state index in [9.17, 15) is 8.42 Å². The summed E-state index contributed by atoms with van der Waals surface area (Å²) in [6.07, 6.45) is 0.994. The van der Waals surface area contributed by atoms with Crippen molar-refractivity contribution in [3.05, 3.63) is 0 Å². The molecule has 0 aromatic carbocycles. The SMILES string of the molecule is CCNC(=NCCS(=O)(=O)N1CCSCC1)NC(C)CC.I. The molecule has 2 N–H and O–H groups in total. The lowest BCUT2D eigenvalue weighted by molar-refractivity contribution is 0.444. The maximum absolute atomic E-state index is 12.2. The predicted molar refractivity (Wildman–Crippen MR) is 107 cm³/mol. The van der Waals surface area contributed by atoms with Crippen LogP contribution >= 0.6 is 35.7 Å². The molecule has 1 saturated heterocycles. The molecule has 0 amide bonds. The lowest BCUT2D eigenvalue weighted by atomic mass is 10.3. The number of nitrogens with zero attached hydrogens (tertiary/aromatic N) is 2. The van der Waals surface area contributed by atoms with Gasteiger partial charge in [0, 0.05) is 37.2 Å². The summed E-state index contributed by atoms with van der Waals surface area (Å²) in [6.45, 7) is 8.48. The summed E-state index contributed by atoms with van der Waals surface area (Å²) in [5.74, 6) is 2.55. The smallest absolute Gasteiger partial charge is 0.215 e. The highest BCUT2D eigenvalue weighted by atomic mass is 127. The Bertz CT molecular complexity index is 426.